The number of rotatable bonds is 7. The summed E-state index contributed by atoms with van der Waals surface area (Å²) < 4.78 is 5.01. The third-order valence-corrected chi connectivity index (χ3v) is 2.25. The summed E-state index contributed by atoms with van der Waals surface area (Å²) in [6, 6.07) is 5.18. The molecule has 0 aliphatic rings. The molecule has 2 amide bonds. The van der Waals surface area contributed by atoms with Gasteiger partial charge in [0.25, 0.3) is 0 Å². The second-order valence-corrected chi connectivity index (χ2v) is 3.94. The average molecular weight is 281 g/mol. The molecule has 6 N–H and O–H groups in total. The molecule has 1 rings (SSSR count). The summed E-state index contributed by atoms with van der Waals surface area (Å²) in [5, 5.41) is 11.0. The number of para-hydroxylation sites is 2. The van der Waals surface area contributed by atoms with E-state index in [4.69, 9.17) is 21.3 Å². The first kappa shape index (κ1) is 15.4. The molecule has 1 unspecified atom stereocenters. The predicted molar refractivity (Wildman–Crippen MR) is 70.0 cm³/mol. The number of ether oxygens (including phenoxy) is 1. The van der Waals surface area contributed by atoms with E-state index in [0.29, 0.717) is 0 Å². The van der Waals surface area contributed by atoms with Gasteiger partial charge < -0.3 is 26.6 Å². The molecule has 0 aromatic heterocycles. The smallest absolute Gasteiger partial charge is 0.341 e. The number of amides is 2. The lowest BCUT2D eigenvalue weighted by Gasteiger charge is -2.13. The van der Waals surface area contributed by atoms with Crippen molar-refractivity contribution in [3.8, 4) is 5.75 Å². The maximum Gasteiger partial charge on any atom is 0.341 e. The molecule has 0 bridgehead atoms. The normalized spacial score (nSPS) is 11.4. The molecule has 20 heavy (non-hydrogen) atoms. The number of nitrogens with one attached hydrogen (secondary N) is 1. The van der Waals surface area contributed by atoms with E-state index < -0.39 is 30.4 Å². The number of nitrogens with two attached hydrogens (primary N) is 2. The van der Waals surface area contributed by atoms with Crippen molar-refractivity contribution in [3.63, 3.8) is 0 Å². The SMILES string of the molecule is NC(=O)CC(N)C(=O)Nc1ccccc1OCC(=O)O. The van der Waals surface area contributed by atoms with Gasteiger partial charge in [0, 0.05) is 0 Å². The van der Waals surface area contributed by atoms with E-state index in [1.807, 2.05) is 0 Å². The van der Waals surface area contributed by atoms with Crippen molar-refractivity contribution in [1.82, 2.24) is 0 Å². The number of carboxylic acid groups (broad SMARTS) is 1. The largest absolute Gasteiger partial charge is 0.480 e. The Balaban J connectivity index is 2.73. The predicted octanol–water partition coefficient (Wildman–Crippen LogP) is -0.709. The Morgan fingerprint density at radius 3 is 2.55 bits per heavy atom. The van der Waals surface area contributed by atoms with Crippen molar-refractivity contribution in [2.75, 3.05) is 11.9 Å². The number of hydrogen-bond acceptors (Lipinski definition) is 5. The van der Waals surface area contributed by atoms with E-state index in [9.17, 15) is 14.4 Å². The number of primary amides is 1. The van der Waals surface area contributed by atoms with Crippen LogP contribution in [0.4, 0.5) is 5.69 Å². The van der Waals surface area contributed by atoms with Gasteiger partial charge in [0.05, 0.1) is 18.2 Å². The standard InChI is InChI=1S/C12H15N3O5/c13-7(5-10(14)16)12(19)15-8-3-1-2-4-9(8)20-6-11(17)18/h1-4,7H,5-6,13H2,(H2,14,16)(H,15,19)(H,17,18). The topological polar surface area (TPSA) is 145 Å². The highest BCUT2D eigenvalue weighted by Gasteiger charge is 2.17. The molecule has 0 spiro atoms. The van der Waals surface area contributed by atoms with Crippen molar-refractivity contribution in [2.45, 2.75) is 12.5 Å². The summed E-state index contributed by atoms with van der Waals surface area (Å²) >= 11 is 0. The van der Waals surface area contributed by atoms with Crippen molar-refractivity contribution in [2.24, 2.45) is 11.5 Å². The van der Waals surface area contributed by atoms with E-state index in [0.717, 1.165) is 0 Å². The lowest BCUT2D eigenvalue weighted by atomic mass is 10.2. The maximum atomic E-state index is 11.7. The number of anilines is 1. The minimum absolute atomic E-state index is 0.189. The fourth-order valence-electron chi connectivity index (χ4n) is 1.37. The van der Waals surface area contributed by atoms with E-state index in [1.54, 1.807) is 12.1 Å². The van der Waals surface area contributed by atoms with Crippen LogP contribution in [0.5, 0.6) is 5.75 Å². The Bertz CT molecular complexity index is 518. The zero-order valence-electron chi connectivity index (χ0n) is 10.5. The molecular formula is C12H15N3O5. The van der Waals surface area contributed by atoms with Crippen LogP contribution >= 0.6 is 0 Å². The summed E-state index contributed by atoms with van der Waals surface area (Å²) in [5.41, 5.74) is 10.7. The third-order valence-electron chi connectivity index (χ3n) is 2.25. The number of carbonyl (C=O) groups excluding carboxylic acids is 2. The molecule has 0 heterocycles. The van der Waals surface area contributed by atoms with Crippen LogP contribution in [0.1, 0.15) is 6.42 Å². The molecule has 8 nitrogen and oxygen atoms in total. The first-order valence-corrected chi connectivity index (χ1v) is 5.68. The lowest BCUT2D eigenvalue weighted by molar-refractivity contribution is -0.139. The van der Waals surface area contributed by atoms with Crippen molar-refractivity contribution < 1.29 is 24.2 Å². The van der Waals surface area contributed by atoms with Gasteiger partial charge in [-0.3, -0.25) is 9.59 Å². The Morgan fingerprint density at radius 2 is 1.95 bits per heavy atom. The van der Waals surface area contributed by atoms with Crippen LogP contribution in [-0.4, -0.2) is 35.5 Å². The van der Waals surface area contributed by atoms with Gasteiger partial charge in [0.1, 0.15) is 5.75 Å². The molecule has 8 heteroatoms. The van der Waals surface area contributed by atoms with Gasteiger partial charge in [-0.2, -0.15) is 0 Å². The molecule has 0 saturated carbocycles. The molecule has 1 atom stereocenters. The fourth-order valence-corrected chi connectivity index (χ4v) is 1.37. The number of benzene rings is 1. The minimum Gasteiger partial charge on any atom is -0.480 e. The first-order valence-electron chi connectivity index (χ1n) is 5.68. The number of carbonyl (C=O) groups is 3. The molecule has 0 saturated heterocycles. The molecule has 1 aromatic carbocycles. The molecular weight excluding hydrogens is 266 g/mol. The van der Waals surface area contributed by atoms with Crippen LogP contribution in [0.2, 0.25) is 0 Å². The molecule has 0 aliphatic heterocycles. The zero-order valence-corrected chi connectivity index (χ0v) is 10.5. The highest BCUT2D eigenvalue weighted by atomic mass is 16.5. The first-order chi connectivity index (χ1) is 9.40. The van der Waals surface area contributed by atoms with Gasteiger partial charge in [-0.05, 0) is 12.1 Å². The average Bonchev–Trinajstić information content (AvgIpc) is 2.36. The Kier molecular flexibility index (Phi) is 5.48. The summed E-state index contributed by atoms with van der Waals surface area (Å²) in [5.74, 6) is -2.26. The summed E-state index contributed by atoms with van der Waals surface area (Å²) in [7, 11) is 0. The van der Waals surface area contributed by atoms with Crippen molar-refractivity contribution in [3.05, 3.63) is 24.3 Å². The van der Waals surface area contributed by atoms with Gasteiger partial charge >= 0.3 is 5.97 Å². The highest BCUT2D eigenvalue weighted by Crippen LogP contribution is 2.23. The van der Waals surface area contributed by atoms with Crippen LogP contribution in [0.15, 0.2) is 24.3 Å². The maximum absolute atomic E-state index is 11.7. The monoisotopic (exact) mass is 281 g/mol. The summed E-state index contributed by atoms with van der Waals surface area (Å²) in [6.45, 7) is -0.541. The molecule has 108 valence electrons. The highest BCUT2D eigenvalue weighted by molar-refractivity contribution is 5.98. The molecule has 0 fully saturated rings. The van der Waals surface area contributed by atoms with Crippen molar-refractivity contribution in [1.29, 1.82) is 0 Å². The van der Waals surface area contributed by atoms with Gasteiger partial charge in [0.2, 0.25) is 11.8 Å². The third kappa shape index (κ3) is 4.94. The second-order valence-electron chi connectivity index (χ2n) is 3.94. The van der Waals surface area contributed by atoms with Crippen LogP contribution in [-0.2, 0) is 14.4 Å². The number of carboxylic acids is 1. The zero-order chi connectivity index (χ0) is 15.1. The fraction of sp³-hybridized carbons (Fsp3) is 0.250. The Hall–Kier alpha value is -2.61. The quantitative estimate of drug-likeness (QED) is 0.519. The molecule has 1 aromatic rings. The van der Waals surface area contributed by atoms with Gasteiger partial charge in [0.15, 0.2) is 6.61 Å². The van der Waals surface area contributed by atoms with E-state index >= 15 is 0 Å². The van der Waals surface area contributed by atoms with Crippen LogP contribution in [0, 0.1) is 0 Å². The van der Waals surface area contributed by atoms with Gasteiger partial charge in [-0.25, -0.2) is 4.79 Å². The van der Waals surface area contributed by atoms with E-state index in [1.165, 1.54) is 12.1 Å². The lowest BCUT2D eigenvalue weighted by Crippen LogP contribution is -2.39. The minimum atomic E-state index is -1.14. The van der Waals surface area contributed by atoms with Gasteiger partial charge in [-0.15, -0.1) is 0 Å². The Labute approximate surface area is 114 Å². The molecule has 0 aliphatic carbocycles. The Morgan fingerprint density at radius 1 is 1.30 bits per heavy atom. The van der Waals surface area contributed by atoms with Gasteiger partial charge in [-0.1, -0.05) is 12.1 Å². The summed E-state index contributed by atoms with van der Waals surface area (Å²) in [6.07, 6.45) is -0.288. The second kappa shape index (κ2) is 7.10. The van der Waals surface area contributed by atoms with E-state index in [-0.39, 0.29) is 17.9 Å². The summed E-state index contributed by atoms with van der Waals surface area (Å²) in [4.78, 5) is 32.9. The van der Waals surface area contributed by atoms with Crippen LogP contribution in [0.3, 0.4) is 0 Å². The number of hydrogen-bond donors (Lipinski definition) is 4. The van der Waals surface area contributed by atoms with E-state index in [2.05, 4.69) is 5.32 Å². The van der Waals surface area contributed by atoms with Crippen molar-refractivity contribution >= 4 is 23.5 Å². The number of aliphatic carboxylic acids is 1. The van der Waals surface area contributed by atoms with Crippen LogP contribution < -0.4 is 21.5 Å². The van der Waals surface area contributed by atoms with Crippen LogP contribution in [0.25, 0.3) is 0 Å². The molecule has 0 radical (unpaired) electrons.